The lowest BCUT2D eigenvalue weighted by molar-refractivity contribution is 0.0378. The predicted octanol–water partition coefficient (Wildman–Crippen LogP) is 4.89. The number of fused-ring (bicyclic) bond motifs is 1. The molecule has 2 atom stereocenters. The highest BCUT2D eigenvalue weighted by Gasteiger charge is 2.19. The van der Waals surface area contributed by atoms with Crippen molar-refractivity contribution in [2.45, 2.75) is 58.1 Å². The van der Waals surface area contributed by atoms with Crippen molar-refractivity contribution in [3.63, 3.8) is 0 Å². The zero-order valence-electron chi connectivity index (χ0n) is 16.5. The van der Waals surface area contributed by atoms with Gasteiger partial charge in [0.05, 0.1) is 6.10 Å². The molecule has 1 N–H and O–H groups in total. The molecular formula is C24H31NO2. The molecule has 0 aliphatic heterocycles. The van der Waals surface area contributed by atoms with Crippen LogP contribution in [0.3, 0.4) is 0 Å². The minimum absolute atomic E-state index is 0.00459. The van der Waals surface area contributed by atoms with Crippen LogP contribution >= 0.6 is 0 Å². The number of ketones is 1. The van der Waals surface area contributed by atoms with Gasteiger partial charge in [-0.2, -0.15) is 0 Å². The van der Waals surface area contributed by atoms with Gasteiger partial charge in [0.25, 0.3) is 0 Å². The van der Waals surface area contributed by atoms with Gasteiger partial charge in [0.2, 0.25) is 0 Å². The Bertz CT molecular complexity index is 741. The number of hydrogen-bond acceptors (Lipinski definition) is 3. The highest BCUT2D eigenvalue weighted by atomic mass is 16.5. The fourth-order valence-corrected chi connectivity index (χ4v) is 3.92. The van der Waals surface area contributed by atoms with Crippen LogP contribution in [-0.2, 0) is 17.6 Å². The second-order valence-electron chi connectivity index (χ2n) is 7.39. The van der Waals surface area contributed by atoms with Gasteiger partial charge in [0.15, 0.2) is 5.78 Å². The molecule has 144 valence electrons. The molecule has 1 aliphatic carbocycles. The maximum Gasteiger partial charge on any atom is 0.164 e. The molecule has 0 heterocycles. The van der Waals surface area contributed by atoms with Crippen molar-refractivity contribution in [1.82, 2.24) is 5.32 Å². The Hall–Kier alpha value is -1.97. The summed E-state index contributed by atoms with van der Waals surface area (Å²) in [6.45, 7) is 5.46. The van der Waals surface area contributed by atoms with Gasteiger partial charge in [-0.3, -0.25) is 4.79 Å². The van der Waals surface area contributed by atoms with Crippen LogP contribution in [-0.4, -0.2) is 25.0 Å². The van der Waals surface area contributed by atoms with Gasteiger partial charge < -0.3 is 10.1 Å². The molecule has 0 bridgehead atoms. The summed E-state index contributed by atoms with van der Waals surface area (Å²) in [4.78, 5) is 12.6. The number of rotatable bonds is 9. The molecule has 3 heteroatoms. The van der Waals surface area contributed by atoms with E-state index in [1.54, 1.807) is 0 Å². The van der Waals surface area contributed by atoms with E-state index in [2.05, 4.69) is 36.5 Å². The molecule has 0 radical (unpaired) electrons. The van der Waals surface area contributed by atoms with Crippen LogP contribution < -0.4 is 5.32 Å². The van der Waals surface area contributed by atoms with Gasteiger partial charge in [0, 0.05) is 31.2 Å². The Labute approximate surface area is 163 Å². The molecule has 2 aromatic rings. The van der Waals surface area contributed by atoms with E-state index in [0.717, 1.165) is 18.4 Å². The highest BCUT2D eigenvalue weighted by Crippen LogP contribution is 2.23. The molecule has 2 unspecified atom stereocenters. The van der Waals surface area contributed by atoms with E-state index in [9.17, 15) is 4.79 Å². The molecule has 2 aromatic carbocycles. The smallest absolute Gasteiger partial charge is 0.164 e. The lowest BCUT2D eigenvalue weighted by Crippen LogP contribution is -2.35. The number of aryl methyl sites for hydroxylation is 2. The van der Waals surface area contributed by atoms with Crippen molar-refractivity contribution in [2.24, 2.45) is 0 Å². The first-order valence-corrected chi connectivity index (χ1v) is 10.2. The summed E-state index contributed by atoms with van der Waals surface area (Å²) < 4.78 is 5.95. The highest BCUT2D eigenvalue weighted by molar-refractivity contribution is 5.96. The van der Waals surface area contributed by atoms with Crippen LogP contribution in [0.1, 0.15) is 66.3 Å². The van der Waals surface area contributed by atoms with Gasteiger partial charge in [-0.25, -0.2) is 0 Å². The van der Waals surface area contributed by atoms with E-state index in [4.69, 9.17) is 4.74 Å². The first-order chi connectivity index (χ1) is 13.2. The zero-order chi connectivity index (χ0) is 19.1. The maximum absolute atomic E-state index is 12.6. The average molecular weight is 366 g/mol. The second-order valence-corrected chi connectivity index (χ2v) is 7.39. The SMILES string of the molecule is CCOC(c1ccccc1)C(C)NCCC(=O)c1ccc2c(c1)CCCC2. The van der Waals surface area contributed by atoms with E-state index in [1.807, 2.05) is 31.2 Å². The van der Waals surface area contributed by atoms with Gasteiger partial charge in [-0.15, -0.1) is 0 Å². The van der Waals surface area contributed by atoms with E-state index < -0.39 is 0 Å². The number of nitrogens with one attached hydrogen (secondary N) is 1. The normalized spacial score (nSPS) is 15.8. The van der Waals surface area contributed by atoms with Crippen LogP contribution in [0.2, 0.25) is 0 Å². The Morgan fingerprint density at radius 2 is 1.81 bits per heavy atom. The fraction of sp³-hybridized carbons (Fsp3) is 0.458. The monoisotopic (exact) mass is 365 g/mol. The predicted molar refractivity (Wildman–Crippen MR) is 110 cm³/mol. The third kappa shape index (κ3) is 5.27. The van der Waals surface area contributed by atoms with Crippen LogP contribution in [0.4, 0.5) is 0 Å². The summed E-state index contributed by atoms with van der Waals surface area (Å²) in [6, 6.07) is 16.7. The largest absolute Gasteiger partial charge is 0.372 e. The van der Waals surface area contributed by atoms with Gasteiger partial charge in [-0.1, -0.05) is 42.5 Å². The van der Waals surface area contributed by atoms with E-state index in [1.165, 1.54) is 29.5 Å². The van der Waals surface area contributed by atoms with Crippen molar-refractivity contribution in [1.29, 1.82) is 0 Å². The van der Waals surface area contributed by atoms with Crippen molar-refractivity contribution >= 4 is 5.78 Å². The molecule has 0 aromatic heterocycles. The molecule has 0 fully saturated rings. The first-order valence-electron chi connectivity index (χ1n) is 10.2. The number of benzene rings is 2. The molecule has 0 amide bonds. The third-order valence-corrected chi connectivity index (χ3v) is 5.42. The van der Waals surface area contributed by atoms with Gasteiger partial charge >= 0.3 is 0 Å². The Morgan fingerprint density at radius 1 is 1.07 bits per heavy atom. The summed E-state index contributed by atoms with van der Waals surface area (Å²) in [5.41, 5.74) is 4.82. The van der Waals surface area contributed by atoms with Crippen molar-refractivity contribution in [3.05, 3.63) is 70.8 Å². The Balaban J connectivity index is 1.54. The van der Waals surface area contributed by atoms with Crippen LogP contribution in [0.25, 0.3) is 0 Å². The standard InChI is InChI=1S/C24H31NO2/c1-3-27-24(20-10-5-4-6-11-20)18(2)25-16-15-23(26)22-14-13-19-9-7-8-12-21(19)17-22/h4-6,10-11,13-14,17-18,24-25H,3,7-9,12,15-16H2,1-2H3. The van der Waals surface area contributed by atoms with E-state index >= 15 is 0 Å². The topological polar surface area (TPSA) is 38.3 Å². The molecule has 3 rings (SSSR count). The average Bonchev–Trinajstić information content (AvgIpc) is 2.72. The number of hydrogen-bond donors (Lipinski definition) is 1. The van der Waals surface area contributed by atoms with Crippen molar-refractivity contribution in [3.8, 4) is 0 Å². The van der Waals surface area contributed by atoms with Crippen molar-refractivity contribution < 1.29 is 9.53 Å². The number of Topliss-reactive ketones (excluding diaryl/α,β-unsaturated/α-hetero) is 1. The van der Waals surface area contributed by atoms with Gasteiger partial charge in [0.1, 0.15) is 0 Å². The molecule has 1 aliphatic rings. The number of carbonyl (C=O) groups excluding carboxylic acids is 1. The second kappa shape index (κ2) is 9.82. The summed E-state index contributed by atoms with van der Waals surface area (Å²) in [5.74, 6) is 0.218. The fourth-order valence-electron chi connectivity index (χ4n) is 3.92. The number of ether oxygens (including phenoxy) is 1. The third-order valence-electron chi connectivity index (χ3n) is 5.42. The molecule has 3 nitrogen and oxygen atoms in total. The van der Waals surface area contributed by atoms with E-state index in [-0.39, 0.29) is 17.9 Å². The lowest BCUT2D eigenvalue weighted by atomic mass is 9.89. The minimum Gasteiger partial charge on any atom is -0.372 e. The molecule has 27 heavy (non-hydrogen) atoms. The zero-order valence-corrected chi connectivity index (χ0v) is 16.5. The molecule has 0 saturated heterocycles. The Morgan fingerprint density at radius 3 is 2.56 bits per heavy atom. The van der Waals surface area contributed by atoms with Crippen molar-refractivity contribution in [2.75, 3.05) is 13.2 Å². The van der Waals surface area contributed by atoms with Crippen LogP contribution in [0.15, 0.2) is 48.5 Å². The summed E-state index contributed by atoms with van der Waals surface area (Å²) >= 11 is 0. The minimum atomic E-state index is -0.00459. The first kappa shape index (κ1) is 19.8. The number of carbonyl (C=O) groups is 1. The van der Waals surface area contributed by atoms with Gasteiger partial charge in [-0.05, 0) is 62.3 Å². The molecule has 0 spiro atoms. The maximum atomic E-state index is 12.6. The summed E-state index contributed by atoms with van der Waals surface area (Å²) in [6.07, 6.45) is 5.28. The molecular weight excluding hydrogens is 334 g/mol. The Kier molecular flexibility index (Phi) is 7.19. The van der Waals surface area contributed by atoms with Crippen LogP contribution in [0.5, 0.6) is 0 Å². The lowest BCUT2D eigenvalue weighted by Gasteiger charge is -2.25. The summed E-state index contributed by atoms with van der Waals surface area (Å²) in [7, 11) is 0. The molecule has 0 saturated carbocycles. The quantitative estimate of drug-likeness (QED) is 0.643. The summed E-state index contributed by atoms with van der Waals surface area (Å²) in [5, 5.41) is 3.48. The van der Waals surface area contributed by atoms with Crippen LogP contribution in [0, 0.1) is 0 Å². The van der Waals surface area contributed by atoms with E-state index in [0.29, 0.717) is 19.6 Å².